The standard InChI is InChI=1S/C13H23N5O2/c1-4-6-17-13(12(18(19)20)10(3)15-17)16-7-5-11(14)8-9(16)2/h9,11H,4-8,14H2,1-3H3. The quantitative estimate of drug-likeness (QED) is 0.671. The molecule has 0 aromatic carbocycles. The summed E-state index contributed by atoms with van der Waals surface area (Å²) in [5, 5.41) is 15.7. The van der Waals surface area contributed by atoms with E-state index in [1.54, 1.807) is 11.6 Å². The minimum atomic E-state index is -0.314. The summed E-state index contributed by atoms with van der Waals surface area (Å²) in [4.78, 5) is 13.2. The van der Waals surface area contributed by atoms with E-state index in [1.807, 2.05) is 6.92 Å². The van der Waals surface area contributed by atoms with E-state index in [0.29, 0.717) is 18.1 Å². The molecule has 0 saturated carbocycles. The average molecular weight is 281 g/mol. The summed E-state index contributed by atoms with van der Waals surface area (Å²) in [6.45, 7) is 7.26. The van der Waals surface area contributed by atoms with Crippen LogP contribution in [0.3, 0.4) is 0 Å². The van der Waals surface area contributed by atoms with Crippen LogP contribution in [-0.2, 0) is 6.54 Å². The number of anilines is 1. The molecule has 2 N–H and O–H groups in total. The molecule has 7 nitrogen and oxygen atoms in total. The zero-order valence-corrected chi connectivity index (χ0v) is 12.4. The van der Waals surface area contributed by atoms with Crippen LogP contribution in [0.15, 0.2) is 0 Å². The van der Waals surface area contributed by atoms with E-state index in [-0.39, 0.29) is 22.7 Å². The lowest BCUT2D eigenvalue weighted by Gasteiger charge is -2.37. The fraction of sp³-hybridized carbons (Fsp3) is 0.769. The third-order valence-corrected chi connectivity index (χ3v) is 3.88. The van der Waals surface area contributed by atoms with Gasteiger partial charge in [0, 0.05) is 25.2 Å². The van der Waals surface area contributed by atoms with E-state index >= 15 is 0 Å². The van der Waals surface area contributed by atoms with Gasteiger partial charge in [-0.3, -0.25) is 10.1 Å². The van der Waals surface area contributed by atoms with Crippen LogP contribution in [0.4, 0.5) is 11.5 Å². The average Bonchev–Trinajstić information content (AvgIpc) is 2.66. The summed E-state index contributed by atoms with van der Waals surface area (Å²) in [6.07, 6.45) is 2.61. The van der Waals surface area contributed by atoms with Gasteiger partial charge in [-0.05, 0) is 33.1 Å². The van der Waals surface area contributed by atoms with Gasteiger partial charge in [0.1, 0.15) is 5.69 Å². The van der Waals surface area contributed by atoms with Crippen molar-refractivity contribution in [3.8, 4) is 0 Å². The van der Waals surface area contributed by atoms with Crippen LogP contribution in [-0.4, -0.2) is 33.3 Å². The Morgan fingerprint density at radius 2 is 2.25 bits per heavy atom. The zero-order valence-electron chi connectivity index (χ0n) is 12.4. The molecule has 20 heavy (non-hydrogen) atoms. The number of rotatable bonds is 4. The van der Waals surface area contributed by atoms with E-state index in [9.17, 15) is 10.1 Å². The van der Waals surface area contributed by atoms with E-state index in [0.717, 1.165) is 25.8 Å². The van der Waals surface area contributed by atoms with Crippen molar-refractivity contribution in [2.75, 3.05) is 11.4 Å². The molecule has 0 aliphatic carbocycles. The van der Waals surface area contributed by atoms with E-state index in [1.165, 1.54) is 0 Å². The maximum atomic E-state index is 11.4. The predicted octanol–water partition coefficient (Wildman–Crippen LogP) is 1.83. The maximum absolute atomic E-state index is 11.4. The highest BCUT2D eigenvalue weighted by atomic mass is 16.6. The fourth-order valence-electron chi connectivity index (χ4n) is 2.95. The van der Waals surface area contributed by atoms with Crippen LogP contribution in [0, 0.1) is 17.0 Å². The minimum Gasteiger partial charge on any atom is -0.348 e. The van der Waals surface area contributed by atoms with Gasteiger partial charge in [0.05, 0.1) is 4.92 Å². The van der Waals surface area contributed by atoms with Gasteiger partial charge in [-0.25, -0.2) is 4.68 Å². The first-order valence-corrected chi connectivity index (χ1v) is 7.19. The Hall–Kier alpha value is -1.63. The highest BCUT2D eigenvalue weighted by molar-refractivity contribution is 5.62. The summed E-state index contributed by atoms with van der Waals surface area (Å²) in [5.74, 6) is 0.647. The monoisotopic (exact) mass is 281 g/mol. The number of hydrogen-bond acceptors (Lipinski definition) is 5. The first-order chi connectivity index (χ1) is 9.45. The molecule has 112 valence electrons. The molecule has 0 radical (unpaired) electrons. The molecule has 1 fully saturated rings. The van der Waals surface area contributed by atoms with Gasteiger partial charge >= 0.3 is 5.69 Å². The Morgan fingerprint density at radius 3 is 2.80 bits per heavy atom. The van der Waals surface area contributed by atoms with Gasteiger partial charge in [0.2, 0.25) is 5.82 Å². The number of piperidine rings is 1. The highest BCUT2D eigenvalue weighted by Gasteiger charge is 2.34. The number of aryl methyl sites for hydroxylation is 2. The van der Waals surface area contributed by atoms with Crippen molar-refractivity contribution in [2.24, 2.45) is 5.73 Å². The van der Waals surface area contributed by atoms with E-state index < -0.39 is 0 Å². The van der Waals surface area contributed by atoms with Crippen molar-refractivity contribution >= 4 is 11.5 Å². The van der Waals surface area contributed by atoms with Gasteiger partial charge in [-0.1, -0.05) is 6.92 Å². The number of hydrogen-bond donors (Lipinski definition) is 1. The van der Waals surface area contributed by atoms with Gasteiger partial charge in [0.15, 0.2) is 0 Å². The first kappa shape index (κ1) is 14.8. The second kappa shape index (κ2) is 5.78. The van der Waals surface area contributed by atoms with Crippen molar-refractivity contribution in [3.63, 3.8) is 0 Å². The smallest absolute Gasteiger partial charge is 0.333 e. The molecule has 7 heteroatoms. The Labute approximate surface area is 118 Å². The Morgan fingerprint density at radius 1 is 1.55 bits per heavy atom. The lowest BCUT2D eigenvalue weighted by Crippen LogP contribution is -2.46. The Balaban J connectivity index is 2.44. The number of aromatic nitrogens is 2. The summed E-state index contributed by atoms with van der Waals surface area (Å²) in [6, 6.07) is 0.383. The zero-order chi connectivity index (χ0) is 14.9. The third-order valence-electron chi connectivity index (χ3n) is 3.88. The molecule has 1 aliphatic heterocycles. The van der Waals surface area contributed by atoms with Gasteiger partial charge in [-0.15, -0.1) is 0 Å². The topological polar surface area (TPSA) is 90.2 Å². The summed E-state index contributed by atoms with van der Waals surface area (Å²) in [7, 11) is 0. The minimum absolute atomic E-state index is 0.140. The van der Waals surface area contributed by atoms with Crippen molar-refractivity contribution in [1.29, 1.82) is 0 Å². The highest BCUT2D eigenvalue weighted by Crippen LogP contribution is 2.35. The Bertz CT molecular complexity index is 499. The van der Waals surface area contributed by atoms with Crippen LogP contribution >= 0.6 is 0 Å². The number of nitrogens with two attached hydrogens (primary N) is 1. The van der Waals surface area contributed by atoms with Crippen molar-refractivity contribution in [1.82, 2.24) is 9.78 Å². The molecule has 2 atom stereocenters. The van der Waals surface area contributed by atoms with Gasteiger partial charge in [0.25, 0.3) is 0 Å². The molecule has 2 heterocycles. The number of nitrogens with zero attached hydrogens (tertiary/aromatic N) is 4. The molecular weight excluding hydrogens is 258 g/mol. The van der Waals surface area contributed by atoms with Crippen LogP contribution in [0.2, 0.25) is 0 Å². The first-order valence-electron chi connectivity index (χ1n) is 7.19. The SMILES string of the molecule is CCCn1nc(C)c([N+](=O)[O-])c1N1CCC(N)CC1C. The molecule has 0 amide bonds. The summed E-state index contributed by atoms with van der Waals surface area (Å²) >= 11 is 0. The normalized spacial score (nSPS) is 23.1. The molecule has 1 aromatic heterocycles. The fourth-order valence-corrected chi connectivity index (χ4v) is 2.95. The molecule has 1 aromatic rings. The molecule has 1 saturated heterocycles. The van der Waals surface area contributed by atoms with Crippen LogP contribution in [0.25, 0.3) is 0 Å². The largest absolute Gasteiger partial charge is 0.348 e. The number of nitro groups is 1. The second-order valence-electron chi connectivity index (χ2n) is 5.56. The molecule has 0 spiro atoms. The van der Waals surface area contributed by atoms with Crippen molar-refractivity contribution in [2.45, 2.75) is 58.7 Å². The van der Waals surface area contributed by atoms with E-state index in [4.69, 9.17) is 5.73 Å². The summed E-state index contributed by atoms with van der Waals surface area (Å²) in [5.41, 5.74) is 6.61. The van der Waals surface area contributed by atoms with Crippen LogP contribution < -0.4 is 10.6 Å². The molecule has 1 aliphatic rings. The van der Waals surface area contributed by atoms with Crippen molar-refractivity contribution in [3.05, 3.63) is 15.8 Å². The van der Waals surface area contributed by atoms with Crippen molar-refractivity contribution < 1.29 is 4.92 Å². The Kier molecular flexibility index (Phi) is 4.27. The second-order valence-corrected chi connectivity index (χ2v) is 5.56. The van der Waals surface area contributed by atoms with Crippen LogP contribution in [0.5, 0.6) is 0 Å². The van der Waals surface area contributed by atoms with E-state index in [2.05, 4.69) is 16.9 Å². The van der Waals surface area contributed by atoms with Gasteiger partial charge < -0.3 is 10.6 Å². The lowest BCUT2D eigenvalue weighted by molar-refractivity contribution is -0.384. The maximum Gasteiger partial charge on any atom is 0.333 e. The molecule has 2 rings (SSSR count). The van der Waals surface area contributed by atoms with Crippen LogP contribution in [0.1, 0.15) is 38.8 Å². The molecule has 0 bridgehead atoms. The molecular formula is C13H23N5O2. The summed E-state index contributed by atoms with van der Waals surface area (Å²) < 4.78 is 1.78. The predicted molar refractivity (Wildman–Crippen MR) is 77.9 cm³/mol. The third kappa shape index (κ3) is 2.63. The lowest BCUT2D eigenvalue weighted by atomic mass is 9.99. The molecule has 2 unspecified atom stereocenters. The van der Waals surface area contributed by atoms with Gasteiger partial charge in [-0.2, -0.15) is 5.10 Å².